The average molecular weight is 369 g/mol. The zero-order valence-electron chi connectivity index (χ0n) is 14.6. The van der Waals surface area contributed by atoms with E-state index in [1.54, 1.807) is 18.2 Å². The molecule has 0 radical (unpaired) electrons. The Balaban J connectivity index is 1.34. The Hall–Kier alpha value is -3.00. The SMILES string of the molecule is O=C(Nc1ccc2oc(N3CCCC4(COC4)C3)nc2c1)C1=COC=CO1. The maximum absolute atomic E-state index is 12.2. The van der Waals surface area contributed by atoms with Crippen LogP contribution in [0.15, 0.2) is 47.2 Å². The van der Waals surface area contributed by atoms with Crippen LogP contribution in [0.4, 0.5) is 11.7 Å². The zero-order valence-corrected chi connectivity index (χ0v) is 14.6. The molecule has 3 aliphatic rings. The van der Waals surface area contributed by atoms with E-state index in [9.17, 15) is 4.79 Å². The summed E-state index contributed by atoms with van der Waals surface area (Å²) in [5, 5.41) is 2.77. The molecule has 8 heteroatoms. The summed E-state index contributed by atoms with van der Waals surface area (Å²) in [6.07, 6.45) is 6.20. The van der Waals surface area contributed by atoms with E-state index in [4.69, 9.17) is 18.6 Å². The molecule has 1 spiro atoms. The lowest BCUT2D eigenvalue weighted by atomic mass is 9.78. The highest BCUT2D eigenvalue weighted by Crippen LogP contribution is 2.39. The van der Waals surface area contributed by atoms with Gasteiger partial charge in [0.1, 0.15) is 24.3 Å². The summed E-state index contributed by atoms with van der Waals surface area (Å²) in [6.45, 7) is 3.47. The van der Waals surface area contributed by atoms with Crippen molar-refractivity contribution in [3.05, 3.63) is 42.7 Å². The van der Waals surface area contributed by atoms with Crippen molar-refractivity contribution in [2.45, 2.75) is 12.8 Å². The van der Waals surface area contributed by atoms with Crippen molar-refractivity contribution in [2.75, 3.05) is 36.5 Å². The predicted molar refractivity (Wildman–Crippen MR) is 96.7 cm³/mol. The summed E-state index contributed by atoms with van der Waals surface area (Å²) in [5.74, 6) is -0.315. The molecule has 1 aromatic heterocycles. The second-order valence-electron chi connectivity index (χ2n) is 7.16. The molecule has 1 N–H and O–H groups in total. The summed E-state index contributed by atoms with van der Waals surface area (Å²) in [4.78, 5) is 19.0. The summed E-state index contributed by atoms with van der Waals surface area (Å²) in [6, 6.07) is 5.98. The second kappa shape index (κ2) is 6.31. The highest BCUT2D eigenvalue weighted by Gasteiger charge is 2.43. The van der Waals surface area contributed by atoms with Gasteiger partial charge < -0.3 is 28.8 Å². The number of ether oxygens (including phenoxy) is 3. The van der Waals surface area contributed by atoms with E-state index < -0.39 is 5.91 Å². The van der Waals surface area contributed by atoms with Crippen LogP contribution >= 0.6 is 0 Å². The van der Waals surface area contributed by atoms with Gasteiger partial charge in [-0.05, 0) is 31.0 Å². The van der Waals surface area contributed by atoms with Gasteiger partial charge in [0.2, 0.25) is 5.76 Å². The van der Waals surface area contributed by atoms with Gasteiger partial charge in [0.15, 0.2) is 5.58 Å². The topological polar surface area (TPSA) is 86.1 Å². The van der Waals surface area contributed by atoms with Gasteiger partial charge in [-0.2, -0.15) is 4.98 Å². The molecule has 5 rings (SSSR count). The Labute approximate surface area is 155 Å². The van der Waals surface area contributed by atoms with Crippen LogP contribution in [-0.4, -0.2) is 37.2 Å². The lowest BCUT2D eigenvalue weighted by Gasteiger charge is -2.47. The minimum atomic E-state index is -0.398. The van der Waals surface area contributed by atoms with E-state index in [0.717, 1.165) is 32.7 Å². The Kier molecular flexibility index (Phi) is 3.78. The van der Waals surface area contributed by atoms with Crippen LogP contribution in [0, 0.1) is 5.41 Å². The van der Waals surface area contributed by atoms with Gasteiger partial charge in [-0.25, -0.2) is 0 Å². The molecule has 140 valence electrons. The van der Waals surface area contributed by atoms with Crippen molar-refractivity contribution in [3.8, 4) is 0 Å². The number of carbonyl (C=O) groups excluding carboxylic acids is 1. The van der Waals surface area contributed by atoms with Gasteiger partial charge in [-0.3, -0.25) is 4.79 Å². The van der Waals surface area contributed by atoms with E-state index in [1.807, 2.05) is 0 Å². The van der Waals surface area contributed by atoms with E-state index in [0.29, 0.717) is 22.8 Å². The Morgan fingerprint density at radius 2 is 2.19 bits per heavy atom. The average Bonchev–Trinajstić information content (AvgIpc) is 3.11. The molecule has 1 aromatic carbocycles. The molecular formula is C19H19N3O5. The Morgan fingerprint density at radius 1 is 1.26 bits per heavy atom. The van der Waals surface area contributed by atoms with Crippen LogP contribution in [0.25, 0.3) is 11.1 Å². The van der Waals surface area contributed by atoms with Crippen molar-refractivity contribution in [2.24, 2.45) is 5.41 Å². The molecule has 0 unspecified atom stereocenters. The van der Waals surface area contributed by atoms with E-state index in [2.05, 4.69) is 15.2 Å². The smallest absolute Gasteiger partial charge is 0.298 e. The van der Waals surface area contributed by atoms with Crippen molar-refractivity contribution in [1.29, 1.82) is 0 Å². The highest BCUT2D eigenvalue weighted by atomic mass is 16.5. The molecule has 4 heterocycles. The maximum atomic E-state index is 12.2. The van der Waals surface area contributed by atoms with Crippen molar-refractivity contribution >= 4 is 28.7 Å². The molecule has 1 amide bonds. The first kappa shape index (κ1) is 16.2. The molecule has 2 aromatic rings. The standard InChI is InChI=1S/C19H19N3O5/c23-17(16-9-24-6-7-26-16)20-13-2-3-15-14(8-13)21-18(27-15)22-5-1-4-19(10-22)11-25-12-19/h2-3,6-9H,1,4-5,10-12H2,(H,20,23). The molecule has 0 saturated carbocycles. The van der Waals surface area contributed by atoms with Crippen molar-refractivity contribution < 1.29 is 23.4 Å². The fourth-order valence-electron chi connectivity index (χ4n) is 3.69. The number of benzene rings is 1. The molecule has 0 aliphatic carbocycles. The van der Waals surface area contributed by atoms with Gasteiger partial charge in [0.05, 0.1) is 13.2 Å². The van der Waals surface area contributed by atoms with E-state index in [-0.39, 0.29) is 11.2 Å². The molecule has 0 atom stereocenters. The van der Waals surface area contributed by atoms with Crippen LogP contribution in [0.2, 0.25) is 0 Å². The molecule has 0 bridgehead atoms. The third-order valence-corrected chi connectivity index (χ3v) is 5.11. The first-order valence-corrected chi connectivity index (χ1v) is 8.93. The lowest BCUT2D eigenvalue weighted by molar-refractivity contribution is -0.118. The molecular weight excluding hydrogens is 350 g/mol. The fraction of sp³-hybridized carbons (Fsp3) is 0.368. The first-order chi connectivity index (χ1) is 13.2. The number of fused-ring (bicyclic) bond motifs is 1. The number of piperidine rings is 1. The number of nitrogens with one attached hydrogen (secondary N) is 1. The number of hydrogen-bond acceptors (Lipinski definition) is 7. The van der Waals surface area contributed by atoms with Crippen LogP contribution in [0.1, 0.15) is 12.8 Å². The van der Waals surface area contributed by atoms with E-state index in [1.165, 1.54) is 25.2 Å². The molecule has 2 fully saturated rings. The number of rotatable bonds is 3. The fourth-order valence-corrected chi connectivity index (χ4v) is 3.69. The third kappa shape index (κ3) is 3.02. The normalized spacial score (nSPS) is 20.6. The summed E-state index contributed by atoms with van der Waals surface area (Å²) in [5.41, 5.74) is 2.24. The minimum absolute atomic E-state index is 0.0831. The van der Waals surface area contributed by atoms with Gasteiger partial charge in [0, 0.05) is 24.2 Å². The molecule has 8 nitrogen and oxygen atoms in total. The number of oxazole rings is 1. The van der Waals surface area contributed by atoms with Crippen molar-refractivity contribution in [3.63, 3.8) is 0 Å². The monoisotopic (exact) mass is 369 g/mol. The summed E-state index contributed by atoms with van der Waals surface area (Å²) in [7, 11) is 0. The molecule has 2 saturated heterocycles. The van der Waals surface area contributed by atoms with Gasteiger partial charge in [-0.15, -0.1) is 0 Å². The zero-order chi connectivity index (χ0) is 18.3. The van der Waals surface area contributed by atoms with Crippen LogP contribution in [0.3, 0.4) is 0 Å². The Morgan fingerprint density at radius 3 is 2.96 bits per heavy atom. The summed E-state index contributed by atoms with van der Waals surface area (Å²) < 4.78 is 21.4. The van der Waals surface area contributed by atoms with Crippen LogP contribution in [-0.2, 0) is 19.0 Å². The largest absolute Gasteiger partial charge is 0.465 e. The Bertz CT molecular complexity index is 944. The van der Waals surface area contributed by atoms with Gasteiger partial charge >= 0.3 is 0 Å². The van der Waals surface area contributed by atoms with Crippen LogP contribution in [0.5, 0.6) is 0 Å². The minimum Gasteiger partial charge on any atom is -0.465 e. The van der Waals surface area contributed by atoms with Gasteiger partial charge in [0.25, 0.3) is 11.9 Å². The first-order valence-electron chi connectivity index (χ1n) is 8.93. The number of carbonyl (C=O) groups is 1. The number of anilines is 2. The van der Waals surface area contributed by atoms with Crippen LogP contribution < -0.4 is 10.2 Å². The number of amides is 1. The van der Waals surface area contributed by atoms with E-state index >= 15 is 0 Å². The highest BCUT2D eigenvalue weighted by molar-refractivity contribution is 6.03. The second-order valence-corrected chi connectivity index (χ2v) is 7.16. The number of hydrogen-bond donors (Lipinski definition) is 1. The number of aromatic nitrogens is 1. The summed E-state index contributed by atoms with van der Waals surface area (Å²) >= 11 is 0. The molecule has 3 aliphatic heterocycles. The lowest BCUT2D eigenvalue weighted by Crippen LogP contribution is -2.54. The maximum Gasteiger partial charge on any atom is 0.298 e. The predicted octanol–water partition coefficient (Wildman–Crippen LogP) is 2.74. The van der Waals surface area contributed by atoms with Crippen molar-refractivity contribution in [1.82, 2.24) is 4.98 Å². The quantitative estimate of drug-likeness (QED) is 0.890. The van der Waals surface area contributed by atoms with Gasteiger partial charge in [-0.1, -0.05) is 0 Å². The number of nitrogens with zero attached hydrogens (tertiary/aromatic N) is 2. The third-order valence-electron chi connectivity index (χ3n) is 5.11. The molecule has 27 heavy (non-hydrogen) atoms.